The van der Waals surface area contributed by atoms with Crippen molar-refractivity contribution >= 4 is 46.4 Å². The van der Waals surface area contributed by atoms with E-state index in [1.165, 1.54) is 6.42 Å². The second-order valence-corrected chi connectivity index (χ2v) is 6.35. The summed E-state index contributed by atoms with van der Waals surface area (Å²) in [4.78, 5) is 12.3. The molecule has 2 N–H and O–H groups in total. The Morgan fingerprint density at radius 3 is 2.53 bits per heavy atom. The molecule has 0 radical (unpaired) electrons. The van der Waals surface area contributed by atoms with E-state index in [9.17, 15) is 4.79 Å². The van der Waals surface area contributed by atoms with Crippen LogP contribution >= 0.6 is 34.8 Å². The average molecular weight is 320 g/mol. The standard InChI is InChI=1S/C13H13Cl3N2O/c14-8-4-10(16)12(5-9(8)15)18-13(19)7-3-6-1-2-11(7)17-6/h4-7,11,17H,1-3H2,(H,18,19). The molecular weight excluding hydrogens is 307 g/mol. The molecule has 6 heteroatoms. The predicted molar refractivity (Wildman–Crippen MR) is 78.2 cm³/mol. The molecule has 3 atom stereocenters. The summed E-state index contributed by atoms with van der Waals surface area (Å²) in [5.41, 5.74) is 0.517. The first-order chi connectivity index (χ1) is 9.04. The lowest BCUT2D eigenvalue weighted by Crippen LogP contribution is -2.32. The van der Waals surface area contributed by atoms with Gasteiger partial charge < -0.3 is 10.6 Å². The Morgan fingerprint density at radius 2 is 1.89 bits per heavy atom. The van der Waals surface area contributed by atoms with Crippen LogP contribution in [0.5, 0.6) is 0 Å². The van der Waals surface area contributed by atoms with Gasteiger partial charge in [-0.1, -0.05) is 34.8 Å². The number of rotatable bonds is 2. The van der Waals surface area contributed by atoms with Gasteiger partial charge in [0.1, 0.15) is 0 Å². The zero-order chi connectivity index (χ0) is 13.6. The highest BCUT2D eigenvalue weighted by Crippen LogP contribution is 2.36. The summed E-state index contributed by atoms with van der Waals surface area (Å²) in [6.45, 7) is 0. The third kappa shape index (κ3) is 2.57. The molecule has 3 unspecified atom stereocenters. The molecule has 3 rings (SSSR count). The Labute approximate surface area is 126 Å². The molecule has 2 saturated heterocycles. The first kappa shape index (κ1) is 13.5. The smallest absolute Gasteiger partial charge is 0.229 e. The number of nitrogens with one attached hydrogen (secondary N) is 2. The molecule has 1 aromatic rings. The Kier molecular flexibility index (Phi) is 3.65. The molecule has 2 aliphatic heterocycles. The molecule has 2 heterocycles. The molecular formula is C13H13Cl3N2O. The van der Waals surface area contributed by atoms with Gasteiger partial charge in [-0.3, -0.25) is 4.79 Å². The molecule has 0 aromatic heterocycles. The van der Waals surface area contributed by atoms with Crippen molar-refractivity contribution in [3.05, 3.63) is 27.2 Å². The third-order valence-corrected chi connectivity index (χ3v) is 4.94. The quantitative estimate of drug-likeness (QED) is 0.816. The number of hydrogen-bond acceptors (Lipinski definition) is 2. The van der Waals surface area contributed by atoms with Crippen molar-refractivity contribution in [3.63, 3.8) is 0 Å². The Hall–Kier alpha value is -0.480. The van der Waals surface area contributed by atoms with Crippen molar-refractivity contribution in [2.45, 2.75) is 31.3 Å². The van der Waals surface area contributed by atoms with E-state index in [0.29, 0.717) is 32.8 Å². The first-order valence-electron chi connectivity index (χ1n) is 6.26. The van der Waals surface area contributed by atoms with Crippen LogP contribution in [-0.4, -0.2) is 18.0 Å². The van der Waals surface area contributed by atoms with Crippen LogP contribution in [0.1, 0.15) is 19.3 Å². The summed E-state index contributed by atoms with van der Waals surface area (Å²) in [6.07, 6.45) is 3.13. The monoisotopic (exact) mass is 318 g/mol. The van der Waals surface area contributed by atoms with Gasteiger partial charge in [0.15, 0.2) is 0 Å². The summed E-state index contributed by atoms with van der Waals surface area (Å²) in [7, 11) is 0. The van der Waals surface area contributed by atoms with Crippen LogP contribution in [0, 0.1) is 5.92 Å². The summed E-state index contributed by atoms with van der Waals surface area (Å²) in [5, 5.41) is 7.45. The highest BCUT2D eigenvalue weighted by atomic mass is 35.5. The highest BCUT2D eigenvalue weighted by Gasteiger charge is 2.42. The normalized spacial score (nSPS) is 28.7. The summed E-state index contributed by atoms with van der Waals surface area (Å²) >= 11 is 17.9. The summed E-state index contributed by atoms with van der Waals surface area (Å²) in [6, 6.07) is 3.92. The van der Waals surface area contributed by atoms with Crippen molar-refractivity contribution in [1.82, 2.24) is 5.32 Å². The maximum Gasteiger partial charge on any atom is 0.229 e. The van der Waals surface area contributed by atoms with Gasteiger partial charge in [-0.25, -0.2) is 0 Å². The van der Waals surface area contributed by atoms with Crippen molar-refractivity contribution in [1.29, 1.82) is 0 Å². The number of carbonyl (C=O) groups is 1. The fourth-order valence-electron chi connectivity index (χ4n) is 2.96. The fourth-order valence-corrected chi connectivity index (χ4v) is 3.55. The molecule has 102 valence electrons. The van der Waals surface area contributed by atoms with E-state index in [2.05, 4.69) is 10.6 Å². The van der Waals surface area contributed by atoms with Crippen LogP contribution in [0.2, 0.25) is 15.1 Å². The molecule has 3 nitrogen and oxygen atoms in total. The van der Waals surface area contributed by atoms with E-state index in [0.717, 1.165) is 12.8 Å². The second-order valence-electron chi connectivity index (χ2n) is 5.13. The van der Waals surface area contributed by atoms with Crippen molar-refractivity contribution < 1.29 is 4.79 Å². The number of carbonyl (C=O) groups excluding carboxylic acids is 1. The zero-order valence-corrected chi connectivity index (χ0v) is 12.3. The van der Waals surface area contributed by atoms with Crippen LogP contribution in [0.4, 0.5) is 5.69 Å². The van der Waals surface area contributed by atoms with Gasteiger partial charge in [-0.2, -0.15) is 0 Å². The minimum Gasteiger partial charge on any atom is -0.324 e. The van der Waals surface area contributed by atoms with E-state index >= 15 is 0 Å². The molecule has 0 saturated carbocycles. The van der Waals surface area contributed by atoms with Gasteiger partial charge in [-0.15, -0.1) is 0 Å². The largest absolute Gasteiger partial charge is 0.324 e. The molecule has 2 fully saturated rings. The van der Waals surface area contributed by atoms with Gasteiger partial charge in [0, 0.05) is 12.1 Å². The summed E-state index contributed by atoms with van der Waals surface area (Å²) < 4.78 is 0. The Morgan fingerprint density at radius 1 is 1.16 bits per heavy atom. The van der Waals surface area contributed by atoms with Gasteiger partial charge in [0.25, 0.3) is 0 Å². The fraction of sp³-hybridized carbons (Fsp3) is 0.462. The maximum atomic E-state index is 12.3. The minimum atomic E-state index is -0.0000101. The number of amides is 1. The van der Waals surface area contributed by atoms with E-state index in [1.807, 2.05) is 0 Å². The maximum absolute atomic E-state index is 12.3. The van der Waals surface area contributed by atoms with Crippen LogP contribution in [0.15, 0.2) is 12.1 Å². The van der Waals surface area contributed by atoms with Crippen LogP contribution in [-0.2, 0) is 4.79 Å². The predicted octanol–water partition coefficient (Wildman–Crippen LogP) is 3.73. The Bertz CT molecular complexity index is 535. The topological polar surface area (TPSA) is 41.1 Å². The molecule has 2 bridgehead atoms. The highest BCUT2D eigenvalue weighted by molar-refractivity contribution is 6.44. The minimum absolute atomic E-state index is 0.0000101. The second kappa shape index (κ2) is 5.13. The number of anilines is 1. The molecule has 1 amide bonds. The lowest BCUT2D eigenvalue weighted by atomic mass is 9.88. The Balaban J connectivity index is 1.75. The van der Waals surface area contributed by atoms with Crippen LogP contribution < -0.4 is 10.6 Å². The van der Waals surface area contributed by atoms with Gasteiger partial charge in [0.2, 0.25) is 5.91 Å². The molecule has 0 spiro atoms. The molecule has 2 aliphatic rings. The SMILES string of the molecule is O=C(Nc1cc(Cl)c(Cl)cc1Cl)C1CC2CCC1N2. The molecule has 0 aliphatic carbocycles. The lowest BCUT2D eigenvalue weighted by Gasteiger charge is -2.20. The number of halogens is 3. The van der Waals surface area contributed by atoms with E-state index in [-0.39, 0.29) is 11.8 Å². The van der Waals surface area contributed by atoms with E-state index < -0.39 is 0 Å². The number of benzene rings is 1. The van der Waals surface area contributed by atoms with Crippen molar-refractivity contribution in [2.75, 3.05) is 5.32 Å². The van der Waals surface area contributed by atoms with Crippen LogP contribution in [0.3, 0.4) is 0 Å². The number of hydrogen-bond donors (Lipinski definition) is 2. The first-order valence-corrected chi connectivity index (χ1v) is 7.39. The van der Waals surface area contributed by atoms with E-state index in [1.54, 1.807) is 12.1 Å². The number of fused-ring (bicyclic) bond motifs is 2. The summed E-state index contributed by atoms with van der Waals surface area (Å²) in [5.74, 6) is 0.0178. The van der Waals surface area contributed by atoms with Crippen molar-refractivity contribution in [2.24, 2.45) is 5.92 Å². The van der Waals surface area contributed by atoms with Gasteiger partial charge in [0.05, 0.1) is 26.7 Å². The molecule has 19 heavy (non-hydrogen) atoms. The lowest BCUT2D eigenvalue weighted by molar-refractivity contribution is -0.120. The van der Waals surface area contributed by atoms with Crippen molar-refractivity contribution in [3.8, 4) is 0 Å². The van der Waals surface area contributed by atoms with Crippen LogP contribution in [0.25, 0.3) is 0 Å². The molecule has 1 aromatic carbocycles. The zero-order valence-electron chi connectivity index (χ0n) is 10.1. The third-order valence-electron chi connectivity index (χ3n) is 3.90. The van der Waals surface area contributed by atoms with Gasteiger partial charge in [-0.05, 0) is 31.4 Å². The van der Waals surface area contributed by atoms with Gasteiger partial charge >= 0.3 is 0 Å². The average Bonchev–Trinajstić information content (AvgIpc) is 2.98. The van der Waals surface area contributed by atoms with E-state index in [4.69, 9.17) is 34.8 Å².